The van der Waals surface area contributed by atoms with Crippen molar-refractivity contribution in [2.24, 2.45) is 0 Å². The molecule has 4 heteroatoms. The van der Waals surface area contributed by atoms with Gasteiger partial charge in [0.2, 0.25) is 5.91 Å². The van der Waals surface area contributed by atoms with Crippen molar-refractivity contribution in [2.45, 2.75) is 97.4 Å². The molecule has 1 amide bonds. The van der Waals surface area contributed by atoms with Gasteiger partial charge in [0.05, 0.1) is 26.7 Å². The van der Waals surface area contributed by atoms with Gasteiger partial charge in [-0.05, 0) is 18.4 Å². The van der Waals surface area contributed by atoms with Crippen molar-refractivity contribution >= 4 is 5.91 Å². The van der Waals surface area contributed by atoms with E-state index in [-0.39, 0.29) is 18.3 Å². The lowest BCUT2D eigenvalue weighted by molar-refractivity contribution is -0.852. The predicted octanol–water partition coefficient (Wildman–Crippen LogP) is 3.99. The zero-order valence-electron chi connectivity index (χ0n) is 20.6. The second kappa shape index (κ2) is 18.3. The third-order valence-electron chi connectivity index (χ3n) is 6.18. The maximum atomic E-state index is 12.3. The molecule has 3 nitrogen and oxygen atoms in total. The minimum Gasteiger partial charge on any atom is -1.00 e. The van der Waals surface area contributed by atoms with Crippen LogP contribution in [0.25, 0.3) is 0 Å². The molecule has 0 unspecified atom stereocenters. The Morgan fingerprint density at radius 1 is 0.839 bits per heavy atom. The minimum absolute atomic E-state index is 0. The summed E-state index contributed by atoms with van der Waals surface area (Å²) in [7, 11) is 4.41. The fourth-order valence-corrected chi connectivity index (χ4v) is 3.72. The quantitative estimate of drug-likeness (QED) is 0.217. The number of unbranched alkanes of at least 4 members (excludes halogenated alkanes) is 11. The van der Waals surface area contributed by atoms with Crippen molar-refractivity contribution in [2.75, 3.05) is 20.6 Å². The lowest BCUT2D eigenvalue weighted by Gasteiger charge is -2.30. The molecule has 31 heavy (non-hydrogen) atoms. The van der Waals surface area contributed by atoms with Crippen LogP contribution in [0.1, 0.15) is 96.5 Å². The Hall–Kier alpha value is -1.32. The zero-order chi connectivity index (χ0) is 22.1. The molecule has 1 aromatic carbocycles. The number of carbonyl (C=O) groups excluding carboxylic acids is 1. The molecule has 178 valence electrons. The largest absolute Gasteiger partial charge is 1.00 e. The van der Waals surface area contributed by atoms with Gasteiger partial charge >= 0.3 is 0 Å². The van der Waals surface area contributed by atoms with E-state index in [4.69, 9.17) is 0 Å². The second-order valence-electron chi connectivity index (χ2n) is 9.29. The molecule has 0 saturated carbocycles. The van der Waals surface area contributed by atoms with E-state index < -0.39 is 0 Å². The van der Waals surface area contributed by atoms with E-state index in [0.717, 1.165) is 22.3 Å². The molecule has 0 radical (unpaired) electrons. The summed E-state index contributed by atoms with van der Waals surface area (Å²) < 4.78 is 0.788. The SMILES string of the molecule is CCCCCCCCCCCCCC[N+](C)(C)/C(C)=C/C(=O)NCc1ccccc1.[Cl-]. The third-order valence-corrected chi connectivity index (χ3v) is 6.18. The number of allylic oxidation sites excluding steroid dienone is 1. The lowest BCUT2D eigenvalue weighted by atomic mass is 10.1. The van der Waals surface area contributed by atoms with Crippen LogP contribution in [0.15, 0.2) is 42.1 Å². The minimum atomic E-state index is -0.00255. The van der Waals surface area contributed by atoms with Crippen LogP contribution >= 0.6 is 0 Å². The highest BCUT2D eigenvalue weighted by Gasteiger charge is 2.18. The van der Waals surface area contributed by atoms with Crippen LogP contribution in [0.4, 0.5) is 0 Å². The summed E-state index contributed by atoms with van der Waals surface area (Å²) in [6, 6.07) is 10.0. The van der Waals surface area contributed by atoms with Crippen molar-refractivity contribution < 1.29 is 21.7 Å². The highest BCUT2D eigenvalue weighted by molar-refractivity contribution is 5.87. The van der Waals surface area contributed by atoms with Gasteiger partial charge < -0.3 is 17.7 Å². The van der Waals surface area contributed by atoms with Crippen LogP contribution in [0.3, 0.4) is 0 Å². The molecule has 1 rings (SSSR count). The fourth-order valence-electron chi connectivity index (χ4n) is 3.72. The molecule has 1 N–H and O–H groups in total. The number of hydrogen-bond acceptors (Lipinski definition) is 1. The Labute approximate surface area is 198 Å². The van der Waals surface area contributed by atoms with Crippen molar-refractivity contribution in [1.29, 1.82) is 0 Å². The number of halogens is 1. The first kappa shape index (κ1) is 29.7. The van der Waals surface area contributed by atoms with E-state index in [1.54, 1.807) is 6.08 Å². The monoisotopic (exact) mass is 450 g/mol. The molecule has 1 aromatic rings. The fraction of sp³-hybridized carbons (Fsp3) is 0.667. The van der Waals surface area contributed by atoms with Gasteiger partial charge in [0.1, 0.15) is 5.70 Å². The number of amides is 1. The van der Waals surface area contributed by atoms with E-state index in [1.165, 1.54) is 77.0 Å². The van der Waals surface area contributed by atoms with Crippen LogP contribution in [-0.4, -0.2) is 31.0 Å². The van der Waals surface area contributed by atoms with Gasteiger partial charge in [0.15, 0.2) is 0 Å². The number of hydrogen-bond donors (Lipinski definition) is 1. The van der Waals surface area contributed by atoms with E-state index in [2.05, 4.69) is 33.3 Å². The van der Waals surface area contributed by atoms with Crippen molar-refractivity contribution in [3.05, 3.63) is 47.7 Å². The maximum absolute atomic E-state index is 12.3. The Balaban J connectivity index is 0.00000900. The van der Waals surface area contributed by atoms with Gasteiger partial charge in [-0.2, -0.15) is 0 Å². The van der Waals surface area contributed by atoms with E-state index in [1.807, 2.05) is 30.3 Å². The van der Waals surface area contributed by atoms with Gasteiger partial charge in [-0.15, -0.1) is 0 Å². The van der Waals surface area contributed by atoms with Gasteiger partial charge in [-0.25, -0.2) is 0 Å². The Bertz CT molecular complexity index is 599. The summed E-state index contributed by atoms with van der Waals surface area (Å²) in [4.78, 5) is 12.3. The Kier molecular flexibility index (Phi) is 17.5. The summed E-state index contributed by atoms with van der Waals surface area (Å²) in [5, 5.41) is 2.99. The van der Waals surface area contributed by atoms with Crippen LogP contribution in [0, 0.1) is 0 Å². The van der Waals surface area contributed by atoms with Gasteiger partial charge in [0, 0.05) is 13.5 Å². The average Bonchev–Trinajstić information content (AvgIpc) is 2.73. The molecule has 0 bridgehead atoms. The molecular formula is C27H47ClN2O. The van der Waals surface area contributed by atoms with Crippen LogP contribution < -0.4 is 17.7 Å². The standard InChI is InChI=1S/C27H46N2O.ClH/c1-5-6-7-8-9-10-11-12-13-14-15-19-22-29(3,4)25(2)23-27(30)28-24-26-20-17-16-18-21-26;/h16-18,20-21,23H,5-15,19,22,24H2,1-4H3;1H/b25-23+;. The topological polar surface area (TPSA) is 29.1 Å². The maximum Gasteiger partial charge on any atom is 0.249 e. The Morgan fingerprint density at radius 3 is 1.84 bits per heavy atom. The Morgan fingerprint density at radius 2 is 1.32 bits per heavy atom. The molecule has 0 atom stereocenters. The molecule has 0 spiro atoms. The first-order valence-electron chi connectivity index (χ1n) is 12.3. The van der Waals surface area contributed by atoms with Crippen molar-refractivity contribution in [1.82, 2.24) is 5.32 Å². The molecule has 0 aliphatic carbocycles. The second-order valence-corrected chi connectivity index (χ2v) is 9.29. The summed E-state index contributed by atoms with van der Waals surface area (Å²) in [6.07, 6.45) is 18.3. The third kappa shape index (κ3) is 15.2. The first-order valence-corrected chi connectivity index (χ1v) is 12.3. The summed E-state index contributed by atoms with van der Waals surface area (Å²) in [6.45, 7) is 6.02. The molecule has 0 fully saturated rings. The zero-order valence-corrected chi connectivity index (χ0v) is 21.4. The smallest absolute Gasteiger partial charge is 0.249 e. The van der Waals surface area contributed by atoms with Crippen LogP contribution in [-0.2, 0) is 11.3 Å². The number of nitrogens with one attached hydrogen (secondary N) is 1. The molecule has 0 heterocycles. The number of nitrogens with zero attached hydrogens (tertiary/aromatic N) is 1. The van der Waals surface area contributed by atoms with Crippen molar-refractivity contribution in [3.63, 3.8) is 0 Å². The summed E-state index contributed by atoms with van der Waals surface area (Å²) >= 11 is 0. The molecule has 0 saturated heterocycles. The van der Waals surface area contributed by atoms with Gasteiger partial charge in [-0.1, -0.05) is 101 Å². The van der Waals surface area contributed by atoms with E-state index >= 15 is 0 Å². The van der Waals surface area contributed by atoms with Crippen LogP contribution in [0.2, 0.25) is 0 Å². The molecule has 0 aliphatic heterocycles. The van der Waals surface area contributed by atoms with Crippen LogP contribution in [0.5, 0.6) is 0 Å². The first-order chi connectivity index (χ1) is 14.5. The molecule has 0 aromatic heterocycles. The highest BCUT2D eigenvalue weighted by Crippen LogP contribution is 2.15. The summed E-state index contributed by atoms with van der Waals surface area (Å²) in [5.41, 5.74) is 2.24. The number of quaternary nitrogens is 1. The summed E-state index contributed by atoms with van der Waals surface area (Å²) in [5.74, 6) is -0.00255. The molecular weight excluding hydrogens is 404 g/mol. The van der Waals surface area contributed by atoms with E-state index in [9.17, 15) is 4.79 Å². The lowest BCUT2D eigenvalue weighted by Crippen LogP contribution is -3.00. The van der Waals surface area contributed by atoms with Gasteiger partial charge in [-0.3, -0.25) is 9.28 Å². The van der Waals surface area contributed by atoms with Gasteiger partial charge in [0.25, 0.3) is 0 Å². The predicted molar refractivity (Wildman–Crippen MR) is 130 cm³/mol. The van der Waals surface area contributed by atoms with Crippen molar-refractivity contribution in [3.8, 4) is 0 Å². The molecule has 0 aliphatic rings. The normalized spacial score (nSPS) is 11.8. The number of carbonyl (C=O) groups is 1. The van der Waals surface area contributed by atoms with E-state index in [0.29, 0.717) is 6.54 Å². The average molecular weight is 451 g/mol. The highest BCUT2D eigenvalue weighted by atomic mass is 35.5. The number of benzene rings is 1. The number of rotatable bonds is 17.